The van der Waals surface area contributed by atoms with Crippen LogP contribution in [-0.2, 0) is 0 Å². The average molecular weight is 332 g/mol. The Morgan fingerprint density at radius 2 is 1.50 bits per heavy atom. The van der Waals surface area contributed by atoms with Crippen LogP contribution >= 0.6 is 0 Å². The molecule has 0 N–H and O–H groups in total. The molecule has 0 radical (unpaired) electrons. The lowest BCUT2D eigenvalue weighted by molar-refractivity contribution is -0.594. The van der Waals surface area contributed by atoms with Crippen molar-refractivity contribution in [3.8, 4) is 23.7 Å². The Hall–Kier alpha value is -3.01. The summed E-state index contributed by atoms with van der Waals surface area (Å²) in [6.45, 7) is 0. The van der Waals surface area contributed by atoms with E-state index in [2.05, 4.69) is 27.2 Å². The van der Waals surface area contributed by atoms with Crippen LogP contribution in [0, 0.1) is 12.3 Å². The minimum absolute atomic E-state index is 0.895. The summed E-state index contributed by atoms with van der Waals surface area (Å²) in [7, 11) is -6.00. The molecular weight excluding hydrogens is 319 g/mol. The zero-order valence-corrected chi connectivity index (χ0v) is 12.5. The Morgan fingerprint density at radius 3 is 2.04 bits per heavy atom. The number of imidazole rings is 1. The average Bonchev–Trinajstić information content (AvgIpc) is 3.04. The first-order valence-corrected chi connectivity index (χ1v) is 6.96. The number of hydrogen-bond acceptors (Lipinski definition) is 0. The van der Waals surface area contributed by atoms with Gasteiger partial charge in [0.2, 0.25) is 0 Å². The molecule has 0 saturated carbocycles. The van der Waals surface area contributed by atoms with Gasteiger partial charge in [-0.2, -0.15) is 0 Å². The van der Waals surface area contributed by atoms with E-state index in [1.54, 1.807) is 0 Å². The first kappa shape index (κ1) is 17.4. The van der Waals surface area contributed by atoms with Crippen LogP contribution in [0.15, 0.2) is 73.3 Å². The maximum atomic E-state index is 9.75. The van der Waals surface area contributed by atoms with Crippen molar-refractivity contribution in [2.45, 2.75) is 0 Å². The van der Waals surface area contributed by atoms with Crippen molar-refractivity contribution in [3.05, 3.63) is 78.9 Å². The molecule has 1 heterocycles. The van der Waals surface area contributed by atoms with Crippen LogP contribution in [0.25, 0.3) is 11.4 Å². The standard InChI is InChI=1S/C17H13N2.BF4/c1-2-15-8-10-17(11-9-15)19-13-12-18(14-19)16-6-4-3-5-7-16;2-1(3,4)5/h1,3-14H;/q+1;-1. The van der Waals surface area contributed by atoms with E-state index in [1.807, 2.05) is 61.2 Å². The highest BCUT2D eigenvalue weighted by Crippen LogP contribution is 2.07. The van der Waals surface area contributed by atoms with E-state index in [-0.39, 0.29) is 0 Å². The maximum Gasteiger partial charge on any atom is 0.673 e. The van der Waals surface area contributed by atoms with Crippen molar-refractivity contribution in [1.82, 2.24) is 4.57 Å². The van der Waals surface area contributed by atoms with Gasteiger partial charge in [0.25, 0.3) is 6.33 Å². The van der Waals surface area contributed by atoms with E-state index in [1.165, 1.54) is 0 Å². The first-order valence-electron chi connectivity index (χ1n) is 6.96. The predicted molar refractivity (Wildman–Crippen MR) is 85.4 cm³/mol. The second-order valence-corrected chi connectivity index (χ2v) is 4.75. The fourth-order valence-corrected chi connectivity index (χ4v) is 1.99. The third kappa shape index (κ3) is 5.32. The summed E-state index contributed by atoms with van der Waals surface area (Å²) >= 11 is 0. The van der Waals surface area contributed by atoms with Crippen LogP contribution in [0.3, 0.4) is 0 Å². The van der Waals surface area contributed by atoms with Crippen molar-refractivity contribution in [2.24, 2.45) is 0 Å². The molecule has 0 aliphatic carbocycles. The summed E-state index contributed by atoms with van der Waals surface area (Å²) in [6, 6.07) is 18.2. The minimum atomic E-state index is -6.00. The number of aromatic nitrogens is 2. The van der Waals surface area contributed by atoms with Crippen LogP contribution in [0.1, 0.15) is 5.56 Å². The van der Waals surface area contributed by atoms with E-state index in [0.717, 1.165) is 16.9 Å². The summed E-state index contributed by atoms with van der Waals surface area (Å²) in [5.74, 6) is 2.62. The predicted octanol–water partition coefficient (Wildman–Crippen LogP) is 4.04. The van der Waals surface area contributed by atoms with Crippen molar-refractivity contribution in [3.63, 3.8) is 0 Å². The van der Waals surface area contributed by atoms with Gasteiger partial charge in [0.1, 0.15) is 23.8 Å². The lowest BCUT2D eigenvalue weighted by Gasteiger charge is -1.96. The molecule has 0 amide bonds. The number of terminal acetylenes is 1. The van der Waals surface area contributed by atoms with Gasteiger partial charge in [0, 0.05) is 5.56 Å². The maximum absolute atomic E-state index is 9.75. The summed E-state index contributed by atoms with van der Waals surface area (Å²) < 4.78 is 43.1. The van der Waals surface area contributed by atoms with Crippen LogP contribution in [0.2, 0.25) is 0 Å². The molecule has 2 aromatic carbocycles. The van der Waals surface area contributed by atoms with E-state index in [0.29, 0.717) is 0 Å². The fourth-order valence-electron chi connectivity index (χ4n) is 1.99. The smallest absolute Gasteiger partial charge is 0.418 e. The molecule has 0 atom stereocenters. The number of para-hydroxylation sites is 1. The molecule has 3 aromatic rings. The topological polar surface area (TPSA) is 8.81 Å². The Labute approximate surface area is 137 Å². The molecule has 0 saturated heterocycles. The molecule has 0 aliphatic heterocycles. The molecule has 122 valence electrons. The van der Waals surface area contributed by atoms with Crippen molar-refractivity contribution in [2.75, 3.05) is 0 Å². The molecular formula is C17H13BF4N2. The van der Waals surface area contributed by atoms with Gasteiger partial charge >= 0.3 is 7.25 Å². The van der Waals surface area contributed by atoms with Crippen LogP contribution in [0.5, 0.6) is 0 Å². The van der Waals surface area contributed by atoms with E-state index >= 15 is 0 Å². The summed E-state index contributed by atoms with van der Waals surface area (Å²) in [5.41, 5.74) is 3.13. The highest BCUT2D eigenvalue weighted by molar-refractivity contribution is 6.50. The van der Waals surface area contributed by atoms with Gasteiger partial charge in [-0.3, -0.25) is 0 Å². The number of nitrogens with zero attached hydrogens (tertiary/aromatic N) is 2. The molecule has 7 heteroatoms. The largest absolute Gasteiger partial charge is 0.673 e. The van der Waals surface area contributed by atoms with Gasteiger partial charge in [-0.25, -0.2) is 9.13 Å². The Bertz CT molecular complexity index is 812. The molecule has 2 nitrogen and oxygen atoms in total. The van der Waals surface area contributed by atoms with Crippen LogP contribution in [0.4, 0.5) is 17.3 Å². The molecule has 0 spiro atoms. The van der Waals surface area contributed by atoms with Gasteiger partial charge in [-0.15, -0.1) is 6.42 Å². The van der Waals surface area contributed by atoms with Crippen molar-refractivity contribution < 1.29 is 21.8 Å². The molecule has 1 aromatic heterocycles. The van der Waals surface area contributed by atoms with Crippen LogP contribution < -0.4 is 4.57 Å². The Morgan fingerprint density at radius 1 is 0.917 bits per heavy atom. The molecule has 0 fully saturated rings. The van der Waals surface area contributed by atoms with Crippen molar-refractivity contribution in [1.29, 1.82) is 0 Å². The Balaban J connectivity index is 0.000000368. The quantitative estimate of drug-likeness (QED) is 0.290. The third-order valence-corrected chi connectivity index (χ3v) is 3.02. The highest BCUT2D eigenvalue weighted by atomic mass is 19.5. The Kier molecular flexibility index (Phi) is 5.43. The third-order valence-electron chi connectivity index (χ3n) is 3.02. The first-order chi connectivity index (χ1) is 11.4. The summed E-state index contributed by atoms with van der Waals surface area (Å²) in [5, 5.41) is 0. The summed E-state index contributed by atoms with van der Waals surface area (Å²) in [4.78, 5) is 0. The second-order valence-electron chi connectivity index (χ2n) is 4.75. The van der Waals surface area contributed by atoms with Gasteiger partial charge in [0.15, 0.2) is 0 Å². The lowest BCUT2D eigenvalue weighted by Crippen LogP contribution is -2.27. The lowest BCUT2D eigenvalue weighted by atomic mass is 10.2. The van der Waals surface area contributed by atoms with E-state index in [4.69, 9.17) is 6.42 Å². The van der Waals surface area contributed by atoms with Gasteiger partial charge in [0.05, 0.1) is 0 Å². The number of halogens is 4. The van der Waals surface area contributed by atoms with Crippen LogP contribution in [-0.4, -0.2) is 11.8 Å². The molecule has 3 rings (SSSR count). The number of hydrogen-bond donors (Lipinski definition) is 0. The minimum Gasteiger partial charge on any atom is -0.418 e. The molecule has 0 aliphatic rings. The monoisotopic (exact) mass is 332 g/mol. The number of rotatable bonds is 2. The zero-order valence-electron chi connectivity index (χ0n) is 12.5. The van der Waals surface area contributed by atoms with Gasteiger partial charge in [-0.1, -0.05) is 24.1 Å². The normalized spacial score (nSPS) is 10.5. The SMILES string of the molecule is C#Cc1ccc(-[n+]2ccn(-c3ccccc3)c2)cc1.F[B-](F)(F)F. The molecule has 0 unspecified atom stereocenters. The summed E-state index contributed by atoms with van der Waals surface area (Å²) in [6.07, 6.45) is 11.5. The molecule has 24 heavy (non-hydrogen) atoms. The highest BCUT2D eigenvalue weighted by Gasteiger charge is 2.20. The van der Waals surface area contributed by atoms with Crippen molar-refractivity contribution >= 4 is 7.25 Å². The second kappa shape index (κ2) is 7.51. The van der Waals surface area contributed by atoms with Gasteiger partial charge < -0.3 is 17.3 Å². The van der Waals surface area contributed by atoms with Gasteiger partial charge in [-0.05, 0) is 36.4 Å². The number of benzene rings is 2. The molecule has 0 bridgehead atoms. The van der Waals surface area contributed by atoms with E-state index < -0.39 is 7.25 Å². The van der Waals surface area contributed by atoms with E-state index in [9.17, 15) is 17.3 Å². The fraction of sp³-hybridized carbons (Fsp3) is 0. The zero-order chi connectivity index (χ0) is 17.6.